The van der Waals surface area contributed by atoms with Crippen molar-refractivity contribution in [3.05, 3.63) is 73.4 Å². The third-order valence-electron chi connectivity index (χ3n) is 5.33. The van der Waals surface area contributed by atoms with Crippen LogP contribution in [0.5, 0.6) is 5.75 Å². The first kappa shape index (κ1) is 23.2. The molecular weight excluding hydrogens is 481 g/mol. The molecule has 3 aromatic heterocycles. The number of benzene rings is 1. The molecule has 0 saturated carbocycles. The Hall–Kier alpha value is -3.99. The van der Waals surface area contributed by atoms with Crippen LogP contribution in [0.2, 0.25) is 5.02 Å². The van der Waals surface area contributed by atoms with E-state index in [0.717, 1.165) is 22.0 Å². The summed E-state index contributed by atoms with van der Waals surface area (Å²) < 4.78 is 21.6. The fraction of sp³-hybridized carbons (Fsp3) is 0.174. The van der Waals surface area contributed by atoms with E-state index in [1.54, 1.807) is 13.0 Å². The van der Waals surface area contributed by atoms with E-state index in [-0.39, 0.29) is 39.7 Å². The fourth-order valence-corrected chi connectivity index (χ4v) is 5.03. The highest BCUT2D eigenvalue weighted by Gasteiger charge is 2.21. The maximum atomic E-state index is 14.0. The second-order valence-corrected chi connectivity index (χ2v) is 8.68. The molecule has 0 aliphatic heterocycles. The largest absolute Gasteiger partial charge is 0.494 e. The smallest absolute Gasteiger partial charge is 0.336 e. The molecule has 1 aromatic carbocycles. The van der Waals surface area contributed by atoms with Gasteiger partial charge in [-0.15, -0.1) is 11.3 Å². The lowest BCUT2D eigenvalue weighted by molar-refractivity contribution is 0.387. The minimum atomic E-state index is -0.667. The van der Waals surface area contributed by atoms with Crippen molar-refractivity contribution in [1.82, 2.24) is 14.1 Å². The number of nitriles is 2. The summed E-state index contributed by atoms with van der Waals surface area (Å²) in [5.74, 6) is -0.655. The van der Waals surface area contributed by atoms with E-state index in [4.69, 9.17) is 21.6 Å². The van der Waals surface area contributed by atoms with Gasteiger partial charge >= 0.3 is 5.69 Å². The van der Waals surface area contributed by atoms with Crippen LogP contribution in [0.25, 0.3) is 26.3 Å². The predicted molar refractivity (Wildman–Crippen MR) is 126 cm³/mol. The van der Waals surface area contributed by atoms with Crippen molar-refractivity contribution in [2.75, 3.05) is 7.11 Å². The first-order valence-corrected chi connectivity index (χ1v) is 11.1. The highest BCUT2D eigenvalue weighted by Crippen LogP contribution is 2.39. The number of pyridine rings is 1. The zero-order valence-corrected chi connectivity index (χ0v) is 19.5. The molecule has 0 saturated heterocycles. The number of methoxy groups -OCH3 is 1. The summed E-state index contributed by atoms with van der Waals surface area (Å²) in [6.45, 7) is 1.66. The van der Waals surface area contributed by atoms with Gasteiger partial charge in [0.05, 0.1) is 47.6 Å². The van der Waals surface area contributed by atoms with Crippen molar-refractivity contribution < 1.29 is 9.13 Å². The Morgan fingerprint density at radius 3 is 2.68 bits per heavy atom. The van der Waals surface area contributed by atoms with E-state index in [9.17, 15) is 19.2 Å². The fourth-order valence-electron chi connectivity index (χ4n) is 3.60. The van der Waals surface area contributed by atoms with Crippen LogP contribution in [-0.4, -0.2) is 21.2 Å². The monoisotopic (exact) mass is 495 g/mol. The maximum Gasteiger partial charge on any atom is 0.336 e. The number of rotatable bonds is 5. The van der Waals surface area contributed by atoms with Crippen molar-refractivity contribution in [3.63, 3.8) is 0 Å². The third-order valence-corrected chi connectivity index (χ3v) is 6.79. The standard InChI is InChI=1S/C23H15ClFN5O3S/c1-12-13(9-27)10-28-11-18(12)30-22(31)21-17(29(23(30)32)5-3-4-26)8-20(34-21)14-6-19(33-2)16(25)7-15(14)24/h6-8,10-11H,3,5H2,1-2H3. The van der Waals surface area contributed by atoms with Gasteiger partial charge in [-0.25, -0.2) is 13.8 Å². The molecule has 11 heteroatoms. The second-order valence-electron chi connectivity index (χ2n) is 7.22. The molecule has 170 valence electrons. The van der Waals surface area contributed by atoms with Crippen LogP contribution in [0.15, 0.2) is 40.2 Å². The molecule has 0 fully saturated rings. The Kier molecular flexibility index (Phi) is 6.20. The van der Waals surface area contributed by atoms with Gasteiger partial charge in [0.25, 0.3) is 5.56 Å². The average Bonchev–Trinajstić information content (AvgIpc) is 3.25. The molecule has 0 N–H and O–H groups in total. The number of fused-ring (bicyclic) bond motifs is 1. The number of hydrogen-bond donors (Lipinski definition) is 0. The van der Waals surface area contributed by atoms with Crippen LogP contribution >= 0.6 is 22.9 Å². The quantitative estimate of drug-likeness (QED) is 0.410. The third kappa shape index (κ3) is 3.73. The molecule has 0 bridgehead atoms. The van der Waals surface area contributed by atoms with Crippen LogP contribution < -0.4 is 16.0 Å². The van der Waals surface area contributed by atoms with Gasteiger partial charge in [-0.1, -0.05) is 11.6 Å². The van der Waals surface area contributed by atoms with Crippen LogP contribution in [-0.2, 0) is 6.54 Å². The van der Waals surface area contributed by atoms with Gasteiger partial charge in [-0.2, -0.15) is 10.5 Å². The molecule has 3 heterocycles. The summed E-state index contributed by atoms with van der Waals surface area (Å²) in [6.07, 6.45) is 2.72. The Balaban J connectivity index is 2.08. The average molecular weight is 496 g/mol. The van der Waals surface area contributed by atoms with Crippen LogP contribution in [0.1, 0.15) is 17.5 Å². The Morgan fingerprint density at radius 2 is 2.00 bits per heavy atom. The van der Waals surface area contributed by atoms with E-state index >= 15 is 0 Å². The van der Waals surface area contributed by atoms with Gasteiger partial charge in [-0.05, 0) is 30.7 Å². The normalized spacial score (nSPS) is 10.8. The summed E-state index contributed by atoms with van der Waals surface area (Å²) in [5.41, 5.74) is 0.307. The summed E-state index contributed by atoms with van der Waals surface area (Å²) in [6, 6.07) is 8.14. The van der Waals surface area contributed by atoms with Gasteiger partial charge in [-0.3, -0.25) is 14.3 Å². The highest BCUT2D eigenvalue weighted by atomic mass is 35.5. The van der Waals surface area contributed by atoms with Crippen molar-refractivity contribution in [3.8, 4) is 34.0 Å². The lowest BCUT2D eigenvalue weighted by atomic mass is 10.1. The topological polar surface area (TPSA) is 114 Å². The SMILES string of the molecule is COc1cc(-c2cc3c(s2)c(=O)n(-c2cncc(C#N)c2C)c(=O)n3CCC#N)c(Cl)cc1F. The van der Waals surface area contributed by atoms with Gasteiger partial charge in [0.15, 0.2) is 11.6 Å². The van der Waals surface area contributed by atoms with Gasteiger partial charge in [0.2, 0.25) is 0 Å². The predicted octanol–water partition coefficient (Wildman–Crippen LogP) is 4.17. The Labute approximate surface area is 201 Å². The minimum Gasteiger partial charge on any atom is -0.494 e. The number of hydrogen-bond acceptors (Lipinski definition) is 7. The number of ether oxygens (including phenoxy) is 1. The number of thiophene rings is 1. The highest BCUT2D eigenvalue weighted by molar-refractivity contribution is 7.22. The molecule has 34 heavy (non-hydrogen) atoms. The molecule has 0 atom stereocenters. The lowest BCUT2D eigenvalue weighted by Gasteiger charge is -2.13. The molecule has 4 aromatic rings. The minimum absolute atomic E-state index is 0.0221. The van der Waals surface area contributed by atoms with Crippen LogP contribution in [0.4, 0.5) is 4.39 Å². The van der Waals surface area contributed by atoms with Gasteiger partial charge in [0, 0.05) is 23.2 Å². The summed E-state index contributed by atoms with van der Waals surface area (Å²) in [7, 11) is 1.32. The molecule has 0 aliphatic rings. The molecule has 8 nitrogen and oxygen atoms in total. The van der Waals surface area contributed by atoms with E-state index in [1.807, 2.05) is 12.1 Å². The van der Waals surface area contributed by atoms with E-state index in [2.05, 4.69) is 4.98 Å². The maximum absolute atomic E-state index is 14.0. The van der Waals surface area contributed by atoms with Crippen molar-refractivity contribution in [1.29, 1.82) is 10.5 Å². The molecule has 0 unspecified atom stereocenters. The van der Waals surface area contributed by atoms with Gasteiger partial charge < -0.3 is 4.74 Å². The molecular formula is C23H15ClFN5O3S. The number of halogens is 2. The summed E-state index contributed by atoms with van der Waals surface area (Å²) >= 11 is 7.35. The number of nitrogens with zero attached hydrogens (tertiary/aromatic N) is 5. The van der Waals surface area contributed by atoms with Crippen LogP contribution in [0.3, 0.4) is 0 Å². The van der Waals surface area contributed by atoms with Crippen LogP contribution in [0, 0.1) is 35.4 Å². The Morgan fingerprint density at radius 1 is 1.24 bits per heavy atom. The first-order chi connectivity index (χ1) is 16.3. The van der Waals surface area contributed by atoms with E-state index in [1.165, 1.54) is 30.1 Å². The van der Waals surface area contributed by atoms with Crippen molar-refractivity contribution >= 4 is 33.2 Å². The number of aromatic nitrogens is 3. The van der Waals surface area contributed by atoms with Crippen molar-refractivity contribution in [2.24, 2.45) is 0 Å². The molecule has 0 spiro atoms. The zero-order chi connectivity index (χ0) is 24.6. The molecule has 4 rings (SSSR count). The summed E-state index contributed by atoms with van der Waals surface area (Å²) in [5, 5.41) is 18.6. The summed E-state index contributed by atoms with van der Waals surface area (Å²) in [4.78, 5) is 31.4. The lowest BCUT2D eigenvalue weighted by Crippen LogP contribution is -2.39. The van der Waals surface area contributed by atoms with E-state index < -0.39 is 17.1 Å². The van der Waals surface area contributed by atoms with Gasteiger partial charge in [0.1, 0.15) is 10.8 Å². The van der Waals surface area contributed by atoms with E-state index in [0.29, 0.717) is 21.5 Å². The molecule has 0 amide bonds. The zero-order valence-electron chi connectivity index (χ0n) is 17.9. The molecule has 0 aliphatic carbocycles. The Bertz CT molecular complexity index is 1660. The van der Waals surface area contributed by atoms with Crippen molar-refractivity contribution in [2.45, 2.75) is 19.9 Å². The molecule has 0 radical (unpaired) electrons. The number of aryl methyl sites for hydroxylation is 1. The second kappa shape index (κ2) is 9.10. The first-order valence-electron chi connectivity index (χ1n) is 9.87.